The van der Waals surface area contributed by atoms with E-state index in [4.69, 9.17) is 0 Å². The first kappa shape index (κ1) is 16.8. The van der Waals surface area contributed by atoms with Crippen LogP contribution in [0.25, 0.3) is 0 Å². The van der Waals surface area contributed by atoms with Gasteiger partial charge in [0.25, 0.3) is 0 Å². The number of hydrogen-bond acceptors (Lipinski definition) is 1. The molecule has 0 saturated heterocycles. The Hall–Kier alpha value is 2.84. The third kappa shape index (κ3) is 3.67. The number of aliphatic hydroxyl groups is 1. The van der Waals surface area contributed by atoms with Crippen molar-refractivity contribution in [3.63, 3.8) is 0 Å². The third-order valence-electron chi connectivity index (χ3n) is 1.68. The van der Waals surface area contributed by atoms with E-state index in [2.05, 4.69) is 103 Å². The van der Waals surface area contributed by atoms with Crippen LogP contribution < -0.4 is 0 Å². The molecule has 0 aromatic rings. The van der Waals surface area contributed by atoms with Crippen LogP contribution in [0.4, 0.5) is 0 Å². The molecule has 86 valence electrons. The Morgan fingerprint density at radius 2 is 1.36 bits per heavy atom. The molecule has 0 bridgehead atoms. The fourth-order valence-corrected chi connectivity index (χ4v) is 4.70. The van der Waals surface area contributed by atoms with Gasteiger partial charge in [0, 0.05) is 0 Å². The van der Waals surface area contributed by atoms with Gasteiger partial charge in [-0.1, -0.05) is 109 Å². The van der Waals surface area contributed by atoms with Crippen LogP contribution in [0, 0.1) is 0 Å². The monoisotopic (exact) mass is 584 g/mol. The predicted molar refractivity (Wildman–Crippen MR) is 83.7 cm³/mol. The Balaban J connectivity index is 4.92. The summed E-state index contributed by atoms with van der Waals surface area (Å²) in [7, 11) is 0. The predicted octanol–water partition coefficient (Wildman–Crippen LogP) is 5.24. The maximum atomic E-state index is 9.27. The fraction of sp³-hybridized carbons (Fsp3) is 1.00. The van der Waals surface area contributed by atoms with Gasteiger partial charge in [-0.2, -0.15) is 0 Å². The molecule has 0 spiro atoms. The molecule has 0 heterocycles. The third-order valence-corrected chi connectivity index (χ3v) is 12.3. The summed E-state index contributed by atoms with van der Waals surface area (Å²) in [6.45, 7) is 2.03. The smallest absolute Gasteiger partial charge is 0.133 e. The number of hydrogen-bond donors (Lipinski definition) is 1. The fourth-order valence-electron chi connectivity index (χ4n) is 0.838. The van der Waals surface area contributed by atoms with Crippen molar-refractivity contribution in [2.45, 2.75) is 29.5 Å². The zero-order chi connectivity index (χ0) is 11.6. The van der Waals surface area contributed by atoms with Crippen molar-refractivity contribution in [1.29, 1.82) is 0 Å². The molecule has 1 N–H and O–H groups in total. The molecule has 0 unspecified atom stereocenters. The van der Waals surface area contributed by atoms with E-state index in [9.17, 15) is 5.11 Å². The van der Waals surface area contributed by atoms with Crippen LogP contribution in [-0.2, 0) is 0 Å². The van der Waals surface area contributed by atoms with Gasteiger partial charge in [0.05, 0.1) is 6.61 Å². The van der Waals surface area contributed by atoms with Crippen molar-refractivity contribution in [3.05, 3.63) is 0 Å². The highest BCUT2D eigenvalue weighted by Crippen LogP contribution is 2.61. The molecule has 0 atom stereocenters. The Morgan fingerprint density at radius 1 is 0.929 bits per heavy atom. The molecule has 14 heavy (non-hydrogen) atoms. The van der Waals surface area contributed by atoms with Crippen molar-refractivity contribution in [2.75, 3.05) is 6.61 Å². The molecule has 0 aromatic carbocycles. The summed E-state index contributed by atoms with van der Waals surface area (Å²) in [5.74, 6) is 0. The number of alkyl halides is 6. The molecule has 0 amide bonds. The van der Waals surface area contributed by atoms with Gasteiger partial charge in [0.15, 0.2) is 0 Å². The Morgan fingerprint density at radius 3 is 1.64 bits per heavy atom. The summed E-state index contributed by atoms with van der Waals surface area (Å²) in [5.41, 5.74) is 0. The first-order valence-corrected chi connectivity index (χ1v) is 8.62. The van der Waals surface area contributed by atoms with E-state index in [1.165, 1.54) is 0 Å². The molecule has 7 heteroatoms. The normalized spacial score (nSPS) is 14.6. The first-order chi connectivity index (χ1) is 6.12. The minimum Gasteiger partial charge on any atom is -0.394 e. The van der Waals surface area contributed by atoms with E-state index >= 15 is 0 Å². The molecule has 0 rings (SSSR count). The summed E-state index contributed by atoms with van der Waals surface area (Å²) < 4.78 is -1.59. The van der Waals surface area contributed by atoms with Gasteiger partial charge in [-0.05, 0) is 6.42 Å². The molecular formula is C7H10Br6O. The van der Waals surface area contributed by atoms with E-state index in [0.29, 0.717) is 0 Å². The van der Waals surface area contributed by atoms with Crippen molar-refractivity contribution < 1.29 is 5.11 Å². The van der Waals surface area contributed by atoms with Crippen molar-refractivity contribution in [2.24, 2.45) is 0 Å². The van der Waals surface area contributed by atoms with Gasteiger partial charge in [0.1, 0.15) is 9.70 Å². The molecule has 0 aliphatic rings. The van der Waals surface area contributed by atoms with E-state index in [0.717, 1.165) is 12.8 Å². The summed E-state index contributed by atoms with van der Waals surface area (Å²) in [6.07, 6.45) is 1.90. The van der Waals surface area contributed by atoms with Gasteiger partial charge < -0.3 is 5.11 Å². The van der Waals surface area contributed by atoms with Crippen LogP contribution in [0.5, 0.6) is 0 Å². The van der Waals surface area contributed by atoms with Crippen LogP contribution in [0.2, 0.25) is 0 Å². The van der Waals surface area contributed by atoms with Gasteiger partial charge >= 0.3 is 0 Å². The largest absolute Gasteiger partial charge is 0.394 e. The average Bonchev–Trinajstić information content (AvgIpc) is 2.03. The summed E-state index contributed by atoms with van der Waals surface area (Å²) in [6, 6.07) is 0. The Labute approximate surface area is 135 Å². The lowest BCUT2D eigenvalue weighted by atomic mass is 10.1. The summed E-state index contributed by atoms with van der Waals surface area (Å²) >= 11 is 21.1. The lowest BCUT2D eigenvalue weighted by Crippen LogP contribution is -2.49. The SMILES string of the molecule is CCCC(Br)(Br)C(Br)(Br)C(Br)(Br)CO. The van der Waals surface area contributed by atoms with Crippen molar-refractivity contribution >= 4 is 95.6 Å². The zero-order valence-corrected chi connectivity index (χ0v) is 16.9. The van der Waals surface area contributed by atoms with Gasteiger partial charge in [0.2, 0.25) is 0 Å². The van der Waals surface area contributed by atoms with E-state index < -0.39 is 6.47 Å². The Bertz CT molecular complexity index is 191. The van der Waals surface area contributed by atoms with Crippen molar-refractivity contribution in [1.82, 2.24) is 0 Å². The summed E-state index contributed by atoms with van der Waals surface area (Å²) in [5, 5.41) is 9.27. The highest BCUT2D eigenvalue weighted by Gasteiger charge is 2.56. The van der Waals surface area contributed by atoms with E-state index in [-0.39, 0.29) is 9.84 Å². The molecular weight excluding hydrogens is 580 g/mol. The number of rotatable bonds is 5. The highest BCUT2D eigenvalue weighted by molar-refractivity contribution is 9.33. The maximum absolute atomic E-state index is 9.27. The summed E-state index contributed by atoms with van der Waals surface area (Å²) in [4.78, 5) is 0. The quantitative estimate of drug-likeness (QED) is 0.436. The second kappa shape index (κ2) is 6.14. The first-order valence-electron chi connectivity index (χ1n) is 3.86. The van der Waals surface area contributed by atoms with Gasteiger partial charge in [-0.15, -0.1) is 0 Å². The molecule has 0 radical (unpaired) electrons. The standard InChI is InChI=1S/C7H10Br6O/c1-2-3-5(8,9)7(12,13)6(10,11)4-14/h14H,2-4H2,1H3. The minimum atomic E-state index is -0.658. The van der Waals surface area contributed by atoms with E-state index in [1.54, 1.807) is 0 Å². The van der Waals surface area contributed by atoms with Crippen molar-refractivity contribution in [3.8, 4) is 0 Å². The molecule has 1 nitrogen and oxygen atoms in total. The highest BCUT2D eigenvalue weighted by atomic mass is 79.9. The van der Waals surface area contributed by atoms with Gasteiger partial charge in [-0.3, -0.25) is 0 Å². The van der Waals surface area contributed by atoms with Crippen LogP contribution in [-0.4, -0.2) is 21.4 Å². The Kier molecular flexibility index (Phi) is 7.38. The average molecular weight is 590 g/mol. The second-order valence-electron chi connectivity index (χ2n) is 2.89. The maximum Gasteiger partial charge on any atom is 0.133 e. The second-order valence-corrected chi connectivity index (χ2v) is 13.9. The number of halogens is 6. The lowest BCUT2D eigenvalue weighted by Gasteiger charge is -2.42. The van der Waals surface area contributed by atoms with Crippen LogP contribution in [0.15, 0.2) is 0 Å². The van der Waals surface area contributed by atoms with Crippen LogP contribution in [0.3, 0.4) is 0 Å². The van der Waals surface area contributed by atoms with E-state index in [1.807, 2.05) is 0 Å². The topological polar surface area (TPSA) is 20.2 Å². The molecule has 0 aliphatic carbocycles. The van der Waals surface area contributed by atoms with Crippen LogP contribution in [0.1, 0.15) is 19.8 Å². The van der Waals surface area contributed by atoms with Gasteiger partial charge in [-0.25, -0.2) is 0 Å². The number of aliphatic hydroxyl groups excluding tert-OH is 1. The molecule has 0 aliphatic heterocycles. The zero-order valence-electron chi connectivity index (χ0n) is 7.34. The molecule has 0 saturated carbocycles. The molecule has 0 fully saturated rings. The van der Waals surface area contributed by atoms with Crippen LogP contribution >= 0.6 is 95.6 Å². The lowest BCUT2D eigenvalue weighted by molar-refractivity contribution is 0.282. The molecule has 0 aromatic heterocycles. The minimum absolute atomic E-state index is 0.0633.